The van der Waals surface area contributed by atoms with Gasteiger partial charge < -0.3 is 20.4 Å². The molecule has 0 saturated heterocycles. The summed E-state index contributed by atoms with van der Waals surface area (Å²) in [5, 5.41) is 21.2. The summed E-state index contributed by atoms with van der Waals surface area (Å²) >= 11 is 0. The molecule has 6 heteroatoms. The summed E-state index contributed by atoms with van der Waals surface area (Å²) in [6.45, 7) is 8.02. The number of phenols is 1. The minimum Gasteiger partial charge on any atom is -0.506 e. The summed E-state index contributed by atoms with van der Waals surface area (Å²) in [4.78, 5) is 24.5. The van der Waals surface area contributed by atoms with Crippen molar-refractivity contribution >= 4 is 17.7 Å². The molecule has 116 valence electrons. The first-order chi connectivity index (χ1) is 9.54. The Morgan fingerprint density at radius 2 is 1.86 bits per heavy atom. The molecular weight excluding hydrogens is 272 g/mol. The minimum absolute atomic E-state index is 0.0158. The molecule has 1 aromatic rings. The van der Waals surface area contributed by atoms with Crippen molar-refractivity contribution in [1.29, 1.82) is 0 Å². The zero-order chi connectivity index (χ0) is 16.4. The van der Waals surface area contributed by atoms with Crippen LogP contribution in [0.1, 0.15) is 38.1 Å². The molecule has 1 unspecified atom stereocenters. The van der Waals surface area contributed by atoms with Crippen LogP contribution in [0.4, 0.5) is 10.5 Å². The van der Waals surface area contributed by atoms with Crippen molar-refractivity contribution in [2.75, 3.05) is 12.4 Å². The Hall–Kier alpha value is -2.24. The molecule has 2 amide bonds. The molecule has 0 spiro atoms. The number of nitrogens with zero attached hydrogens (tertiary/aromatic N) is 1. The average molecular weight is 294 g/mol. The summed E-state index contributed by atoms with van der Waals surface area (Å²) in [5.41, 5.74) is 0.0567. The second-order valence-corrected chi connectivity index (χ2v) is 6.12. The summed E-state index contributed by atoms with van der Waals surface area (Å²) in [6, 6.07) is 3.41. The molecule has 21 heavy (non-hydrogen) atoms. The maximum atomic E-state index is 12.2. The van der Waals surface area contributed by atoms with Crippen molar-refractivity contribution in [3.63, 3.8) is 0 Å². The second-order valence-electron chi connectivity index (χ2n) is 6.12. The van der Waals surface area contributed by atoms with Gasteiger partial charge in [-0.25, -0.2) is 9.59 Å². The molecule has 0 radical (unpaired) electrons. The van der Waals surface area contributed by atoms with Crippen molar-refractivity contribution in [2.45, 2.75) is 33.7 Å². The van der Waals surface area contributed by atoms with Gasteiger partial charge in [-0.2, -0.15) is 0 Å². The van der Waals surface area contributed by atoms with Gasteiger partial charge in [0.15, 0.2) is 0 Å². The van der Waals surface area contributed by atoms with Gasteiger partial charge in [0, 0.05) is 13.1 Å². The van der Waals surface area contributed by atoms with E-state index in [1.807, 2.05) is 27.7 Å². The molecule has 0 aliphatic carbocycles. The van der Waals surface area contributed by atoms with Crippen LogP contribution in [0.5, 0.6) is 5.75 Å². The number of carboxylic acid groups (broad SMARTS) is 1. The van der Waals surface area contributed by atoms with Crippen molar-refractivity contribution in [2.24, 2.45) is 5.41 Å². The molecule has 1 atom stereocenters. The van der Waals surface area contributed by atoms with Crippen LogP contribution in [-0.4, -0.2) is 40.2 Å². The number of amides is 2. The van der Waals surface area contributed by atoms with Crippen LogP contribution < -0.4 is 5.32 Å². The second kappa shape index (κ2) is 6.03. The van der Waals surface area contributed by atoms with E-state index >= 15 is 0 Å². The highest BCUT2D eigenvalue weighted by Gasteiger charge is 2.27. The van der Waals surface area contributed by atoms with Crippen molar-refractivity contribution in [3.05, 3.63) is 23.8 Å². The van der Waals surface area contributed by atoms with Crippen LogP contribution in [0.25, 0.3) is 0 Å². The van der Waals surface area contributed by atoms with Gasteiger partial charge in [0.1, 0.15) is 5.75 Å². The number of carbonyl (C=O) groups excluding carboxylic acids is 1. The standard InChI is InChI=1S/C15H22N2O4/c1-9(15(2,3)4)17(5)14(21)16-11-7-6-10(13(19)20)8-12(11)18/h6-9,18H,1-5H3,(H,16,21)(H,19,20). The number of benzene rings is 1. The van der Waals surface area contributed by atoms with E-state index in [1.54, 1.807) is 11.9 Å². The number of nitrogens with one attached hydrogen (secondary N) is 1. The predicted octanol–water partition coefficient (Wildman–Crippen LogP) is 2.99. The number of aromatic hydroxyl groups is 1. The fourth-order valence-corrected chi connectivity index (χ4v) is 1.73. The third-order valence-corrected chi connectivity index (χ3v) is 3.64. The lowest BCUT2D eigenvalue weighted by Gasteiger charge is -2.35. The van der Waals surface area contributed by atoms with Gasteiger partial charge in [-0.05, 0) is 30.5 Å². The topological polar surface area (TPSA) is 89.9 Å². The number of hydrogen-bond donors (Lipinski definition) is 3. The SMILES string of the molecule is CC(N(C)C(=O)Nc1ccc(C(=O)O)cc1O)C(C)(C)C. The highest BCUT2D eigenvalue weighted by atomic mass is 16.4. The predicted molar refractivity (Wildman–Crippen MR) is 80.8 cm³/mol. The highest BCUT2D eigenvalue weighted by Crippen LogP contribution is 2.27. The first-order valence-corrected chi connectivity index (χ1v) is 6.64. The van der Waals surface area contributed by atoms with Crippen molar-refractivity contribution in [1.82, 2.24) is 4.90 Å². The molecule has 1 rings (SSSR count). The molecule has 0 bridgehead atoms. The van der Waals surface area contributed by atoms with Crippen LogP contribution in [0.15, 0.2) is 18.2 Å². The van der Waals surface area contributed by atoms with Gasteiger partial charge in [0.25, 0.3) is 0 Å². The smallest absolute Gasteiger partial charge is 0.335 e. The first kappa shape index (κ1) is 16.8. The van der Waals surface area contributed by atoms with Crippen LogP contribution in [0.2, 0.25) is 0 Å². The number of hydrogen-bond acceptors (Lipinski definition) is 3. The molecule has 1 aromatic carbocycles. The van der Waals surface area contributed by atoms with E-state index in [9.17, 15) is 14.7 Å². The monoisotopic (exact) mass is 294 g/mol. The third-order valence-electron chi connectivity index (χ3n) is 3.64. The Morgan fingerprint density at radius 1 is 1.29 bits per heavy atom. The van der Waals surface area contributed by atoms with E-state index in [0.29, 0.717) is 0 Å². The molecule has 0 heterocycles. The zero-order valence-corrected chi connectivity index (χ0v) is 13.0. The molecular formula is C15H22N2O4. The largest absolute Gasteiger partial charge is 0.506 e. The van der Waals surface area contributed by atoms with Gasteiger partial charge in [-0.3, -0.25) is 0 Å². The number of anilines is 1. The molecule has 3 N–H and O–H groups in total. The average Bonchev–Trinajstić information content (AvgIpc) is 2.37. The maximum Gasteiger partial charge on any atom is 0.335 e. The normalized spacial score (nSPS) is 12.6. The number of carbonyl (C=O) groups is 2. The number of rotatable bonds is 3. The summed E-state index contributed by atoms with van der Waals surface area (Å²) in [7, 11) is 1.67. The fraction of sp³-hybridized carbons (Fsp3) is 0.467. The summed E-state index contributed by atoms with van der Waals surface area (Å²) < 4.78 is 0. The number of phenolic OH excluding ortho intramolecular Hbond substituents is 1. The lowest BCUT2D eigenvalue weighted by atomic mass is 9.87. The Morgan fingerprint density at radius 3 is 2.29 bits per heavy atom. The Balaban J connectivity index is 2.87. The number of urea groups is 1. The molecule has 0 aliphatic heterocycles. The Bertz CT molecular complexity index is 549. The van der Waals surface area contributed by atoms with Gasteiger partial charge in [0.05, 0.1) is 11.3 Å². The van der Waals surface area contributed by atoms with Crippen LogP contribution in [-0.2, 0) is 0 Å². The van der Waals surface area contributed by atoms with E-state index in [4.69, 9.17) is 5.11 Å². The Labute approximate surface area is 124 Å². The molecule has 0 saturated carbocycles. The highest BCUT2D eigenvalue weighted by molar-refractivity contribution is 5.93. The number of aromatic carboxylic acids is 1. The molecule has 0 aliphatic rings. The van der Waals surface area contributed by atoms with Crippen molar-refractivity contribution < 1.29 is 19.8 Å². The van der Waals surface area contributed by atoms with Gasteiger partial charge >= 0.3 is 12.0 Å². The summed E-state index contributed by atoms with van der Waals surface area (Å²) in [6.07, 6.45) is 0. The van der Waals surface area contributed by atoms with Crippen LogP contribution in [0.3, 0.4) is 0 Å². The van der Waals surface area contributed by atoms with E-state index in [-0.39, 0.29) is 34.5 Å². The minimum atomic E-state index is -1.14. The van der Waals surface area contributed by atoms with Gasteiger partial charge in [0.2, 0.25) is 0 Å². The van der Waals surface area contributed by atoms with Gasteiger partial charge in [-0.15, -0.1) is 0 Å². The molecule has 0 fully saturated rings. The Kier molecular flexibility index (Phi) is 4.83. The molecule has 0 aromatic heterocycles. The first-order valence-electron chi connectivity index (χ1n) is 6.64. The zero-order valence-electron chi connectivity index (χ0n) is 13.0. The quantitative estimate of drug-likeness (QED) is 0.747. The van der Waals surface area contributed by atoms with Gasteiger partial charge in [-0.1, -0.05) is 20.8 Å². The van der Waals surface area contributed by atoms with Crippen molar-refractivity contribution in [3.8, 4) is 5.75 Å². The number of carboxylic acids is 1. The maximum absolute atomic E-state index is 12.2. The van der Waals surface area contributed by atoms with Crippen LogP contribution in [0, 0.1) is 5.41 Å². The lowest BCUT2D eigenvalue weighted by Crippen LogP contribution is -2.44. The van der Waals surface area contributed by atoms with E-state index in [1.165, 1.54) is 12.1 Å². The lowest BCUT2D eigenvalue weighted by molar-refractivity contribution is 0.0696. The molecule has 6 nitrogen and oxygen atoms in total. The fourth-order valence-electron chi connectivity index (χ4n) is 1.73. The van der Waals surface area contributed by atoms with Crippen LogP contribution >= 0.6 is 0 Å². The summed E-state index contributed by atoms with van der Waals surface area (Å²) in [5.74, 6) is -1.42. The van der Waals surface area contributed by atoms with E-state index < -0.39 is 5.97 Å². The van der Waals surface area contributed by atoms with E-state index in [2.05, 4.69) is 5.32 Å². The van der Waals surface area contributed by atoms with E-state index in [0.717, 1.165) is 6.07 Å². The third kappa shape index (κ3) is 4.11.